The van der Waals surface area contributed by atoms with E-state index in [9.17, 15) is 5.11 Å². The minimum absolute atomic E-state index is 0.159. The van der Waals surface area contributed by atoms with Crippen molar-refractivity contribution in [2.45, 2.75) is 25.8 Å². The van der Waals surface area contributed by atoms with Crippen molar-refractivity contribution in [3.63, 3.8) is 0 Å². The Balaban J connectivity index is 1.23. The van der Waals surface area contributed by atoms with Crippen molar-refractivity contribution in [3.8, 4) is 28.1 Å². The van der Waals surface area contributed by atoms with Crippen molar-refractivity contribution < 1.29 is 5.11 Å². The first-order valence-electron chi connectivity index (χ1n) is 11.1. The molecule has 1 aliphatic carbocycles. The summed E-state index contributed by atoms with van der Waals surface area (Å²) in [5.74, 6) is 2.55. The number of anilines is 1. The van der Waals surface area contributed by atoms with E-state index in [0.717, 1.165) is 48.0 Å². The lowest BCUT2D eigenvalue weighted by molar-refractivity contribution is 0.414. The van der Waals surface area contributed by atoms with Gasteiger partial charge in [-0.1, -0.05) is 6.07 Å². The normalized spacial score (nSPS) is 18.9. The van der Waals surface area contributed by atoms with E-state index in [1.54, 1.807) is 12.3 Å². The number of hydrogen-bond donors (Lipinski definition) is 2. The molecule has 3 aromatic heterocycles. The van der Waals surface area contributed by atoms with Gasteiger partial charge < -0.3 is 19.7 Å². The van der Waals surface area contributed by atoms with Crippen LogP contribution in [0, 0.1) is 12.8 Å². The molecule has 2 N–H and O–H groups in total. The number of fused-ring (bicyclic) bond motifs is 1. The molecule has 162 valence electrons. The molecule has 1 aromatic carbocycles. The number of aromatic hydroxyl groups is 1. The Hall–Kier alpha value is -3.52. The van der Waals surface area contributed by atoms with Crippen LogP contribution in [0.5, 0.6) is 5.75 Å². The predicted molar refractivity (Wildman–Crippen MR) is 123 cm³/mol. The highest BCUT2D eigenvalue weighted by molar-refractivity contribution is 5.75. The molecular formula is C24H25N7O. The van der Waals surface area contributed by atoms with Gasteiger partial charge in [-0.2, -0.15) is 0 Å². The van der Waals surface area contributed by atoms with Gasteiger partial charge in [-0.15, -0.1) is 10.2 Å². The van der Waals surface area contributed by atoms with Crippen molar-refractivity contribution in [2.24, 2.45) is 5.92 Å². The smallest absolute Gasteiger partial charge is 0.245 e. The van der Waals surface area contributed by atoms with Crippen LogP contribution in [0.2, 0.25) is 0 Å². The van der Waals surface area contributed by atoms with E-state index >= 15 is 0 Å². The number of phenols is 1. The fraction of sp³-hybridized carbons (Fsp3) is 0.333. The highest BCUT2D eigenvalue weighted by atomic mass is 16.3. The molecule has 0 amide bonds. The number of phenolic OH excluding ortho intramolecular Hbond substituents is 1. The van der Waals surface area contributed by atoms with Gasteiger partial charge in [0.25, 0.3) is 0 Å². The van der Waals surface area contributed by atoms with Crippen molar-refractivity contribution in [3.05, 3.63) is 54.7 Å². The zero-order valence-corrected chi connectivity index (χ0v) is 17.9. The molecule has 0 spiro atoms. The van der Waals surface area contributed by atoms with E-state index < -0.39 is 0 Å². The molecule has 8 heteroatoms. The largest absolute Gasteiger partial charge is 0.507 e. The summed E-state index contributed by atoms with van der Waals surface area (Å²) in [7, 11) is 0. The average molecular weight is 428 g/mol. The Bertz CT molecular complexity index is 1280. The number of imidazole rings is 1. The number of aryl methyl sites for hydroxylation is 1. The van der Waals surface area contributed by atoms with E-state index in [0.29, 0.717) is 23.2 Å². The first-order chi connectivity index (χ1) is 15.7. The predicted octanol–water partition coefficient (Wildman–Crippen LogP) is 3.06. The van der Waals surface area contributed by atoms with Crippen LogP contribution >= 0.6 is 0 Å². The summed E-state index contributed by atoms with van der Waals surface area (Å²) in [6.07, 6.45) is 8.17. The Morgan fingerprint density at radius 3 is 2.69 bits per heavy atom. The van der Waals surface area contributed by atoms with Crippen LogP contribution in [0.3, 0.4) is 0 Å². The second-order valence-electron chi connectivity index (χ2n) is 8.74. The SMILES string of the molecule is Cc1ncc2cc(-c3ccc(-c4cnc(N5CCN[C@@H](C6CC6)C5)nn4)c(O)c3)ccn12. The van der Waals surface area contributed by atoms with Gasteiger partial charge in [0, 0.05) is 37.4 Å². The van der Waals surface area contributed by atoms with Gasteiger partial charge >= 0.3 is 0 Å². The van der Waals surface area contributed by atoms with Gasteiger partial charge in [0.1, 0.15) is 17.3 Å². The number of nitrogens with zero attached hydrogens (tertiary/aromatic N) is 6. The van der Waals surface area contributed by atoms with E-state index in [4.69, 9.17) is 0 Å². The number of rotatable bonds is 4. The van der Waals surface area contributed by atoms with Gasteiger partial charge in [-0.25, -0.2) is 9.97 Å². The van der Waals surface area contributed by atoms with E-state index in [-0.39, 0.29) is 5.75 Å². The molecule has 1 saturated carbocycles. The van der Waals surface area contributed by atoms with Crippen LogP contribution in [-0.4, -0.2) is 55.3 Å². The molecule has 32 heavy (non-hydrogen) atoms. The monoisotopic (exact) mass is 427 g/mol. The summed E-state index contributed by atoms with van der Waals surface area (Å²) in [5, 5.41) is 23.0. The summed E-state index contributed by atoms with van der Waals surface area (Å²) < 4.78 is 2.03. The van der Waals surface area contributed by atoms with Gasteiger partial charge in [0.2, 0.25) is 5.95 Å². The van der Waals surface area contributed by atoms with E-state index in [1.165, 1.54) is 12.8 Å². The number of nitrogens with one attached hydrogen (secondary N) is 1. The standard InChI is InChI=1S/C24H25N7O/c1-15-26-12-19-10-18(6-8-31(15)19)17-4-5-20(23(32)11-17)21-13-27-24(29-28-21)30-9-7-25-22(14-30)16-2-3-16/h4-6,8,10-13,16,22,25,32H,2-3,7,9,14H2,1H3/t22-/m1/s1. The summed E-state index contributed by atoms with van der Waals surface area (Å²) in [5.41, 5.74) is 4.15. The highest BCUT2D eigenvalue weighted by Gasteiger charge is 2.34. The number of pyridine rings is 1. The molecule has 4 aromatic rings. The maximum atomic E-state index is 10.7. The molecule has 0 radical (unpaired) electrons. The molecule has 0 bridgehead atoms. The molecular weight excluding hydrogens is 402 g/mol. The van der Waals surface area contributed by atoms with Crippen molar-refractivity contribution >= 4 is 11.5 Å². The third-order valence-electron chi connectivity index (χ3n) is 6.55. The van der Waals surface area contributed by atoms with Crippen molar-refractivity contribution in [1.29, 1.82) is 0 Å². The second-order valence-corrected chi connectivity index (χ2v) is 8.74. The third-order valence-corrected chi connectivity index (χ3v) is 6.55. The van der Waals surface area contributed by atoms with Crippen LogP contribution in [-0.2, 0) is 0 Å². The van der Waals surface area contributed by atoms with E-state index in [1.807, 2.05) is 41.9 Å². The first kappa shape index (κ1) is 19.2. The lowest BCUT2D eigenvalue weighted by Crippen LogP contribution is -2.52. The zero-order chi connectivity index (χ0) is 21.7. The quantitative estimate of drug-likeness (QED) is 0.517. The summed E-state index contributed by atoms with van der Waals surface area (Å²) in [6.45, 7) is 4.72. The molecule has 8 nitrogen and oxygen atoms in total. The fourth-order valence-corrected chi connectivity index (χ4v) is 4.55. The highest BCUT2D eigenvalue weighted by Crippen LogP contribution is 2.35. The lowest BCUT2D eigenvalue weighted by Gasteiger charge is -2.33. The van der Waals surface area contributed by atoms with Crippen LogP contribution in [0.15, 0.2) is 48.9 Å². The van der Waals surface area contributed by atoms with Crippen LogP contribution in [0.1, 0.15) is 18.7 Å². The molecule has 6 rings (SSSR count). The molecule has 2 fully saturated rings. The zero-order valence-electron chi connectivity index (χ0n) is 17.9. The van der Waals surface area contributed by atoms with Crippen LogP contribution < -0.4 is 10.2 Å². The first-order valence-corrected chi connectivity index (χ1v) is 11.1. The summed E-state index contributed by atoms with van der Waals surface area (Å²) in [4.78, 5) is 11.1. The minimum Gasteiger partial charge on any atom is -0.507 e. The van der Waals surface area contributed by atoms with Gasteiger partial charge in [-0.05, 0) is 61.1 Å². The van der Waals surface area contributed by atoms with Gasteiger partial charge in [-0.3, -0.25) is 0 Å². The summed E-state index contributed by atoms with van der Waals surface area (Å²) >= 11 is 0. The molecule has 1 atom stereocenters. The number of aromatic nitrogens is 5. The Morgan fingerprint density at radius 1 is 1.03 bits per heavy atom. The second kappa shape index (κ2) is 7.56. The fourth-order valence-electron chi connectivity index (χ4n) is 4.55. The minimum atomic E-state index is 0.159. The van der Waals surface area contributed by atoms with Crippen LogP contribution in [0.4, 0.5) is 5.95 Å². The van der Waals surface area contributed by atoms with Gasteiger partial charge in [0.05, 0.1) is 17.9 Å². The topological polar surface area (TPSA) is 91.5 Å². The number of benzene rings is 1. The van der Waals surface area contributed by atoms with Gasteiger partial charge in [0.15, 0.2) is 0 Å². The molecule has 0 unspecified atom stereocenters. The van der Waals surface area contributed by atoms with E-state index in [2.05, 4.69) is 36.4 Å². The maximum Gasteiger partial charge on any atom is 0.245 e. The Kier molecular flexibility index (Phi) is 4.53. The Labute approximate surface area is 186 Å². The van der Waals surface area contributed by atoms with Crippen molar-refractivity contribution in [2.75, 3.05) is 24.5 Å². The number of hydrogen-bond acceptors (Lipinski definition) is 7. The molecule has 4 heterocycles. The third kappa shape index (κ3) is 3.46. The Morgan fingerprint density at radius 2 is 1.91 bits per heavy atom. The maximum absolute atomic E-state index is 10.7. The number of piperazine rings is 1. The lowest BCUT2D eigenvalue weighted by atomic mass is 10.0. The average Bonchev–Trinajstić information content (AvgIpc) is 3.62. The molecule has 1 saturated heterocycles. The molecule has 1 aliphatic heterocycles. The van der Waals surface area contributed by atoms with Crippen LogP contribution in [0.25, 0.3) is 27.9 Å². The molecule has 2 aliphatic rings. The summed E-state index contributed by atoms with van der Waals surface area (Å²) in [6, 6.07) is 10.2. The van der Waals surface area contributed by atoms with Crippen molar-refractivity contribution in [1.82, 2.24) is 29.9 Å².